The second kappa shape index (κ2) is 10.1. The Kier molecular flexibility index (Phi) is 7.82. The molecular formula is C17H18ClF3N4O4. The van der Waals surface area contributed by atoms with Crippen molar-refractivity contribution < 1.29 is 32.7 Å². The summed E-state index contributed by atoms with van der Waals surface area (Å²) in [7, 11) is 0. The summed E-state index contributed by atoms with van der Waals surface area (Å²) in [6.07, 6.45) is -1.53. The number of nitrogens with zero attached hydrogens (tertiary/aromatic N) is 2. The highest BCUT2D eigenvalue weighted by Crippen LogP contribution is 2.32. The monoisotopic (exact) mass is 434 g/mol. The van der Waals surface area contributed by atoms with E-state index in [1.807, 2.05) is 0 Å². The maximum atomic E-state index is 12.5. The predicted octanol–water partition coefficient (Wildman–Crippen LogP) is 2.85. The largest absolute Gasteiger partial charge is 0.512 e. The number of rotatable bonds is 8. The molecule has 1 aliphatic rings. The smallest absolute Gasteiger partial charge is 0.417 e. The van der Waals surface area contributed by atoms with Gasteiger partial charge in [0.2, 0.25) is 0 Å². The van der Waals surface area contributed by atoms with Gasteiger partial charge in [-0.3, -0.25) is 9.59 Å². The lowest BCUT2D eigenvalue weighted by Gasteiger charge is -2.11. The van der Waals surface area contributed by atoms with Crippen molar-refractivity contribution in [1.82, 2.24) is 10.3 Å². The Bertz CT molecular complexity index is 827. The Morgan fingerprint density at radius 2 is 2.14 bits per heavy atom. The van der Waals surface area contributed by atoms with Crippen molar-refractivity contribution >= 4 is 35.3 Å². The molecule has 2 rings (SSSR count). The standard InChI is InChI=1S/C17H18ClF3N4O4/c18-12-6-10(17(19,20)21)7-24-16(12)23-5-4-22-15(28)9-29-25-8-11-13(26)2-1-3-14(11)27/h6-8,26H,1-5,9H2,(H,22,28)(H,23,24)/b25-8+. The Hall–Kier alpha value is -2.82. The topological polar surface area (TPSA) is 113 Å². The van der Waals surface area contributed by atoms with Gasteiger partial charge in [0.25, 0.3) is 5.91 Å². The molecule has 0 saturated heterocycles. The first-order chi connectivity index (χ1) is 13.7. The molecule has 0 aromatic carbocycles. The summed E-state index contributed by atoms with van der Waals surface area (Å²) in [6.45, 7) is -0.143. The SMILES string of the molecule is O=C(CO/N=C/C1=C(O)CCCC1=O)NCCNc1ncc(C(F)(F)F)cc1Cl. The first kappa shape index (κ1) is 22.5. The van der Waals surface area contributed by atoms with Crippen molar-refractivity contribution in [2.24, 2.45) is 5.16 Å². The number of aliphatic hydroxyl groups excluding tert-OH is 1. The fraction of sp³-hybridized carbons (Fsp3) is 0.412. The number of aromatic nitrogens is 1. The van der Waals surface area contributed by atoms with Crippen LogP contribution in [0.1, 0.15) is 24.8 Å². The number of Topliss-reactive ketones (excluding diaryl/α,β-unsaturated/α-hetero) is 1. The van der Waals surface area contributed by atoms with Crippen molar-refractivity contribution in [3.63, 3.8) is 0 Å². The molecule has 0 unspecified atom stereocenters. The molecule has 0 fully saturated rings. The normalized spacial score (nSPS) is 15.0. The van der Waals surface area contributed by atoms with Gasteiger partial charge in [-0.15, -0.1) is 0 Å². The number of carbonyl (C=O) groups is 2. The van der Waals surface area contributed by atoms with Crippen LogP contribution in [0.2, 0.25) is 5.02 Å². The molecule has 1 aromatic heterocycles. The van der Waals surface area contributed by atoms with Gasteiger partial charge < -0.3 is 20.6 Å². The summed E-state index contributed by atoms with van der Waals surface area (Å²) >= 11 is 5.75. The zero-order valence-corrected chi connectivity index (χ0v) is 15.8. The number of hydrogen-bond donors (Lipinski definition) is 3. The van der Waals surface area contributed by atoms with Crippen molar-refractivity contribution in [2.75, 3.05) is 25.0 Å². The molecule has 0 bridgehead atoms. The summed E-state index contributed by atoms with van der Waals surface area (Å²) in [6, 6.07) is 0.756. The van der Waals surface area contributed by atoms with Crippen LogP contribution in [-0.4, -0.2) is 47.7 Å². The third kappa shape index (κ3) is 6.93. The molecule has 3 N–H and O–H groups in total. The third-order valence-corrected chi connectivity index (χ3v) is 4.08. The average Bonchev–Trinajstić information content (AvgIpc) is 2.64. The number of halogens is 4. The van der Waals surface area contributed by atoms with E-state index in [0.717, 1.165) is 12.3 Å². The molecule has 12 heteroatoms. The lowest BCUT2D eigenvalue weighted by Crippen LogP contribution is -2.31. The van der Waals surface area contributed by atoms with Crippen LogP contribution in [-0.2, 0) is 20.6 Å². The van der Waals surface area contributed by atoms with Gasteiger partial charge in [0.15, 0.2) is 12.4 Å². The van der Waals surface area contributed by atoms with Gasteiger partial charge in [-0.2, -0.15) is 13.2 Å². The number of nitrogens with one attached hydrogen (secondary N) is 2. The van der Waals surface area contributed by atoms with Crippen LogP contribution in [0.5, 0.6) is 0 Å². The zero-order chi connectivity index (χ0) is 21.4. The number of anilines is 1. The summed E-state index contributed by atoms with van der Waals surface area (Å²) in [4.78, 5) is 31.6. The van der Waals surface area contributed by atoms with Crippen molar-refractivity contribution in [3.8, 4) is 0 Å². The van der Waals surface area contributed by atoms with Gasteiger partial charge in [-0.05, 0) is 12.5 Å². The quantitative estimate of drug-likeness (QED) is 0.329. The number of pyridine rings is 1. The van der Waals surface area contributed by atoms with Crippen molar-refractivity contribution in [2.45, 2.75) is 25.4 Å². The maximum Gasteiger partial charge on any atom is 0.417 e. The van der Waals surface area contributed by atoms with Crippen LogP contribution < -0.4 is 10.6 Å². The fourth-order valence-electron chi connectivity index (χ4n) is 2.34. The predicted molar refractivity (Wildman–Crippen MR) is 98.7 cm³/mol. The molecule has 1 aromatic rings. The molecular weight excluding hydrogens is 417 g/mol. The van der Waals surface area contributed by atoms with Crippen LogP contribution in [0.3, 0.4) is 0 Å². The van der Waals surface area contributed by atoms with Gasteiger partial charge in [-0.25, -0.2) is 4.98 Å². The van der Waals surface area contributed by atoms with Gasteiger partial charge in [0.05, 0.1) is 22.4 Å². The minimum absolute atomic E-state index is 0.0556. The highest BCUT2D eigenvalue weighted by molar-refractivity contribution is 6.32. The minimum Gasteiger partial charge on any atom is -0.512 e. The van der Waals surface area contributed by atoms with E-state index in [0.29, 0.717) is 25.5 Å². The van der Waals surface area contributed by atoms with E-state index in [9.17, 15) is 27.9 Å². The van der Waals surface area contributed by atoms with Gasteiger partial charge in [0.1, 0.15) is 11.6 Å². The van der Waals surface area contributed by atoms with Crippen LogP contribution in [0, 0.1) is 0 Å². The Morgan fingerprint density at radius 3 is 2.79 bits per heavy atom. The Labute approximate surface area is 168 Å². The maximum absolute atomic E-state index is 12.5. The number of carbonyl (C=O) groups excluding carboxylic acids is 2. The molecule has 29 heavy (non-hydrogen) atoms. The molecule has 0 spiro atoms. The Morgan fingerprint density at radius 1 is 1.38 bits per heavy atom. The van der Waals surface area contributed by atoms with E-state index in [4.69, 9.17) is 16.4 Å². The van der Waals surface area contributed by atoms with E-state index in [-0.39, 0.29) is 41.0 Å². The van der Waals surface area contributed by atoms with Crippen LogP contribution in [0.25, 0.3) is 0 Å². The van der Waals surface area contributed by atoms with Crippen LogP contribution in [0.4, 0.5) is 19.0 Å². The van der Waals surface area contributed by atoms with Gasteiger partial charge in [0, 0.05) is 32.1 Å². The molecule has 1 aliphatic carbocycles. The number of ketones is 1. The van der Waals surface area contributed by atoms with Gasteiger partial charge in [-0.1, -0.05) is 16.8 Å². The van der Waals surface area contributed by atoms with Crippen molar-refractivity contribution in [3.05, 3.63) is 34.2 Å². The first-order valence-corrected chi connectivity index (χ1v) is 8.90. The number of aliphatic hydroxyl groups is 1. The number of alkyl halides is 3. The number of hydrogen-bond acceptors (Lipinski definition) is 7. The molecule has 0 saturated carbocycles. The van der Waals surface area contributed by atoms with E-state index >= 15 is 0 Å². The minimum atomic E-state index is -4.54. The van der Waals surface area contributed by atoms with Crippen molar-refractivity contribution in [1.29, 1.82) is 0 Å². The summed E-state index contributed by atoms with van der Waals surface area (Å²) < 4.78 is 37.6. The molecule has 158 valence electrons. The number of oxime groups is 1. The lowest BCUT2D eigenvalue weighted by atomic mass is 9.97. The lowest BCUT2D eigenvalue weighted by molar-refractivity contribution is -0.137. The Balaban J connectivity index is 1.69. The first-order valence-electron chi connectivity index (χ1n) is 8.52. The molecule has 0 aliphatic heterocycles. The summed E-state index contributed by atoms with van der Waals surface area (Å²) in [5.74, 6) is -0.754. The molecule has 1 heterocycles. The third-order valence-electron chi connectivity index (χ3n) is 3.79. The van der Waals surface area contributed by atoms with E-state index < -0.39 is 24.3 Å². The molecule has 8 nitrogen and oxygen atoms in total. The molecule has 1 amide bonds. The summed E-state index contributed by atoms with van der Waals surface area (Å²) in [5, 5.41) is 18.1. The zero-order valence-electron chi connectivity index (χ0n) is 15.1. The van der Waals surface area contributed by atoms with Crippen LogP contribution >= 0.6 is 11.6 Å². The van der Waals surface area contributed by atoms with Crippen LogP contribution in [0.15, 0.2) is 28.8 Å². The number of allylic oxidation sites excluding steroid dienone is 2. The second-order valence-electron chi connectivity index (χ2n) is 5.97. The molecule has 0 radical (unpaired) electrons. The highest BCUT2D eigenvalue weighted by Gasteiger charge is 2.31. The molecule has 0 atom stereocenters. The summed E-state index contributed by atoms with van der Waals surface area (Å²) in [5.41, 5.74) is -0.889. The van der Waals surface area contributed by atoms with E-state index in [2.05, 4.69) is 20.8 Å². The average molecular weight is 435 g/mol. The second-order valence-corrected chi connectivity index (χ2v) is 6.38. The van der Waals surface area contributed by atoms with Gasteiger partial charge >= 0.3 is 6.18 Å². The van der Waals surface area contributed by atoms with E-state index in [1.165, 1.54) is 0 Å². The fourth-order valence-corrected chi connectivity index (χ4v) is 2.57. The van der Waals surface area contributed by atoms with E-state index in [1.54, 1.807) is 0 Å². The highest BCUT2D eigenvalue weighted by atomic mass is 35.5. The number of amides is 1.